The van der Waals surface area contributed by atoms with Crippen LogP contribution in [0.1, 0.15) is 17.2 Å². The van der Waals surface area contributed by atoms with Crippen LogP contribution in [0, 0.1) is 0 Å². The molecule has 1 N–H and O–H groups in total. The SMILES string of the molecule is COc1ccc(N[C@H](c2ccc(OC)cc2)[C@H]2Cc3ccccc3S2=O)cc1. The third-order valence-electron chi connectivity index (χ3n) is 5.14. The first kappa shape index (κ1) is 18.6. The fraction of sp³-hybridized carbons (Fsp3) is 0.217. The maximum Gasteiger partial charge on any atom is 0.119 e. The molecule has 1 unspecified atom stereocenters. The Labute approximate surface area is 168 Å². The zero-order valence-electron chi connectivity index (χ0n) is 15.9. The number of hydrogen-bond donors (Lipinski definition) is 1. The molecule has 1 heterocycles. The van der Waals surface area contributed by atoms with Crippen molar-refractivity contribution in [3.8, 4) is 11.5 Å². The number of benzene rings is 3. The van der Waals surface area contributed by atoms with Crippen LogP contribution in [-0.2, 0) is 17.2 Å². The lowest BCUT2D eigenvalue weighted by Gasteiger charge is -2.26. The van der Waals surface area contributed by atoms with Crippen molar-refractivity contribution >= 4 is 16.5 Å². The van der Waals surface area contributed by atoms with Crippen molar-refractivity contribution in [1.29, 1.82) is 0 Å². The molecule has 0 saturated carbocycles. The molecule has 4 rings (SSSR count). The summed E-state index contributed by atoms with van der Waals surface area (Å²) >= 11 is 0. The fourth-order valence-electron chi connectivity index (χ4n) is 3.63. The third-order valence-corrected chi connectivity index (χ3v) is 6.96. The summed E-state index contributed by atoms with van der Waals surface area (Å²) in [6, 6.07) is 23.7. The zero-order chi connectivity index (χ0) is 19.5. The molecule has 0 bridgehead atoms. The molecule has 3 aromatic carbocycles. The zero-order valence-corrected chi connectivity index (χ0v) is 16.7. The highest BCUT2D eigenvalue weighted by Crippen LogP contribution is 2.37. The molecule has 0 aliphatic carbocycles. The van der Waals surface area contributed by atoms with Crippen LogP contribution < -0.4 is 14.8 Å². The first-order chi connectivity index (χ1) is 13.7. The molecule has 1 aliphatic rings. The maximum absolute atomic E-state index is 13.3. The topological polar surface area (TPSA) is 47.6 Å². The van der Waals surface area contributed by atoms with Crippen LogP contribution in [0.5, 0.6) is 11.5 Å². The summed E-state index contributed by atoms with van der Waals surface area (Å²) in [5, 5.41) is 3.55. The number of fused-ring (bicyclic) bond motifs is 1. The highest BCUT2D eigenvalue weighted by Gasteiger charge is 2.36. The smallest absolute Gasteiger partial charge is 0.119 e. The number of methoxy groups -OCH3 is 2. The first-order valence-electron chi connectivity index (χ1n) is 9.22. The Morgan fingerprint density at radius 2 is 1.50 bits per heavy atom. The van der Waals surface area contributed by atoms with Crippen molar-refractivity contribution in [2.24, 2.45) is 0 Å². The van der Waals surface area contributed by atoms with Gasteiger partial charge in [0.1, 0.15) is 11.5 Å². The predicted molar refractivity (Wildman–Crippen MR) is 113 cm³/mol. The third kappa shape index (κ3) is 3.62. The molecule has 0 radical (unpaired) electrons. The molecule has 0 aromatic heterocycles. The van der Waals surface area contributed by atoms with Gasteiger partial charge in [-0.1, -0.05) is 30.3 Å². The van der Waals surface area contributed by atoms with Gasteiger partial charge in [-0.05, 0) is 60.0 Å². The number of ether oxygens (including phenoxy) is 2. The Bertz CT molecular complexity index is 970. The highest BCUT2D eigenvalue weighted by molar-refractivity contribution is 7.86. The summed E-state index contributed by atoms with van der Waals surface area (Å²) in [4.78, 5) is 0.947. The number of anilines is 1. The van der Waals surface area contributed by atoms with Crippen LogP contribution >= 0.6 is 0 Å². The molecule has 5 heteroatoms. The van der Waals surface area contributed by atoms with Gasteiger partial charge in [-0.25, -0.2) is 0 Å². The molecule has 0 fully saturated rings. The minimum Gasteiger partial charge on any atom is -0.497 e. The van der Waals surface area contributed by atoms with Gasteiger partial charge in [0.2, 0.25) is 0 Å². The predicted octanol–water partition coefficient (Wildman–Crippen LogP) is 4.59. The molecule has 144 valence electrons. The molecular formula is C23H23NO3S. The van der Waals surface area contributed by atoms with E-state index in [1.54, 1.807) is 14.2 Å². The van der Waals surface area contributed by atoms with E-state index in [1.807, 2.05) is 66.7 Å². The molecule has 0 saturated heterocycles. The van der Waals surface area contributed by atoms with Gasteiger partial charge in [-0.3, -0.25) is 4.21 Å². The summed E-state index contributed by atoms with van der Waals surface area (Å²) in [7, 11) is 2.24. The van der Waals surface area contributed by atoms with E-state index in [9.17, 15) is 4.21 Å². The van der Waals surface area contributed by atoms with Gasteiger partial charge in [0.05, 0.1) is 36.3 Å². The molecule has 3 atom stereocenters. The average Bonchev–Trinajstić information content (AvgIpc) is 3.09. The van der Waals surface area contributed by atoms with Crippen molar-refractivity contribution in [2.45, 2.75) is 22.6 Å². The highest BCUT2D eigenvalue weighted by atomic mass is 32.2. The van der Waals surface area contributed by atoms with Crippen LogP contribution in [0.2, 0.25) is 0 Å². The lowest BCUT2D eigenvalue weighted by Crippen LogP contribution is -2.28. The fourth-order valence-corrected chi connectivity index (χ4v) is 5.39. The Morgan fingerprint density at radius 3 is 2.11 bits per heavy atom. The molecule has 4 nitrogen and oxygen atoms in total. The van der Waals surface area contributed by atoms with Crippen molar-refractivity contribution in [3.63, 3.8) is 0 Å². The second-order valence-electron chi connectivity index (χ2n) is 6.77. The molecule has 0 amide bonds. The van der Waals surface area contributed by atoms with Gasteiger partial charge < -0.3 is 14.8 Å². The minimum atomic E-state index is -1.07. The van der Waals surface area contributed by atoms with Crippen LogP contribution in [0.4, 0.5) is 5.69 Å². The first-order valence-corrected chi connectivity index (χ1v) is 10.4. The molecule has 28 heavy (non-hydrogen) atoms. The summed E-state index contributed by atoms with van der Waals surface area (Å²) in [6.07, 6.45) is 0.780. The second-order valence-corrected chi connectivity index (χ2v) is 8.41. The van der Waals surface area contributed by atoms with Gasteiger partial charge in [0, 0.05) is 10.6 Å². The van der Waals surface area contributed by atoms with Gasteiger partial charge in [-0.15, -0.1) is 0 Å². The largest absolute Gasteiger partial charge is 0.497 e. The van der Waals surface area contributed by atoms with E-state index in [1.165, 1.54) is 5.56 Å². The number of nitrogens with one attached hydrogen (secondary N) is 1. The summed E-state index contributed by atoms with van der Waals surface area (Å²) in [5.74, 6) is 1.62. The minimum absolute atomic E-state index is 0.0482. The van der Waals surface area contributed by atoms with Gasteiger partial charge in [0.15, 0.2) is 0 Å². The summed E-state index contributed by atoms with van der Waals surface area (Å²) in [5.41, 5.74) is 3.22. The van der Waals surface area contributed by atoms with E-state index in [0.717, 1.165) is 34.1 Å². The van der Waals surface area contributed by atoms with Crippen LogP contribution in [0.15, 0.2) is 77.7 Å². The van der Waals surface area contributed by atoms with Crippen LogP contribution in [0.3, 0.4) is 0 Å². The van der Waals surface area contributed by atoms with Crippen molar-refractivity contribution in [1.82, 2.24) is 0 Å². The van der Waals surface area contributed by atoms with Gasteiger partial charge in [-0.2, -0.15) is 0 Å². The van der Waals surface area contributed by atoms with E-state index in [0.29, 0.717) is 0 Å². The van der Waals surface area contributed by atoms with Crippen LogP contribution in [0.25, 0.3) is 0 Å². The Hall–Kier alpha value is -2.79. The van der Waals surface area contributed by atoms with E-state index in [2.05, 4.69) is 11.4 Å². The lowest BCUT2D eigenvalue weighted by atomic mass is 9.98. The standard InChI is InChI=1S/C23H23NO3S/c1-26-19-11-7-16(8-12-19)23(24-18-9-13-20(27-2)14-10-18)22-15-17-5-3-4-6-21(17)28(22)25/h3-14,22-24H,15H2,1-2H3/t22-,23-,28?/m1/s1. The Balaban J connectivity index is 1.67. The van der Waals surface area contributed by atoms with Crippen molar-refractivity contribution < 1.29 is 13.7 Å². The lowest BCUT2D eigenvalue weighted by molar-refractivity contribution is 0.414. The van der Waals surface area contributed by atoms with E-state index in [4.69, 9.17) is 9.47 Å². The quantitative estimate of drug-likeness (QED) is 0.665. The Kier molecular flexibility index (Phi) is 5.35. The second kappa shape index (κ2) is 8.07. The summed E-state index contributed by atoms with van der Waals surface area (Å²) < 4.78 is 23.8. The van der Waals surface area contributed by atoms with E-state index < -0.39 is 10.8 Å². The monoisotopic (exact) mass is 393 g/mol. The van der Waals surface area contributed by atoms with E-state index >= 15 is 0 Å². The van der Waals surface area contributed by atoms with E-state index in [-0.39, 0.29) is 11.3 Å². The number of rotatable bonds is 6. The van der Waals surface area contributed by atoms with Gasteiger partial charge in [0.25, 0.3) is 0 Å². The summed E-state index contributed by atoms with van der Waals surface area (Å²) in [6.45, 7) is 0. The molecule has 1 aliphatic heterocycles. The van der Waals surface area contributed by atoms with Crippen molar-refractivity contribution in [2.75, 3.05) is 19.5 Å². The Morgan fingerprint density at radius 1 is 0.893 bits per heavy atom. The molecule has 0 spiro atoms. The van der Waals surface area contributed by atoms with Crippen LogP contribution in [-0.4, -0.2) is 23.7 Å². The molecule has 3 aromatic rings. The number of hydrogen-bond acceptors (Lipinski definition) is 4. The maximum atomic E-state index is 13.3. The molecular weight excluding hydrogens is 370 g/mol. The van der Waals surface area contributed by atoms with Crippen molar-refractivity contribution in [3.05, 3.63) is 83.9 Å². The average molecular weight is 394 g/mol. The normalized spacial score (nSPS) is 18.9. The van der Waals surface area contributed by atoms with Gasteiger partial charge >= 0.3 is 0 Å².